The Morgan fingerprint density at radius 1 is 1.00 bits per heavy atom. The van der Waals surface area contributed by atoms with E-state index in [9.17, 15) is 14.4 Å². The highest BCUT2D eigenvalue weighted by Gasteiger charge is 2.23. The molecule has 0 saturated carbocycles. The van der Waals surface area contributed by atoms with Gasteiger partial charge in [0.05, 0.1) is 10.4 Å². The molecule has 8 heteroatoms. The summed E-state index contributed by atoms with van der Waals surface area (Å²) in [5.74, 6) is -0.297. The predicted octanol–water partition coefficient (Wildman–Crippen LogP) is 2.76. The highest BCUT2D eigenvalue weighted by Crippen LogP contribution is 2.13. The average Bonchev–Trinajstić information content (AvgIpc) is 3.35. The van der Waals surface area contributed by atoms with Gasteiger partial charge in [-0.1, -0.05) is 36.4 Å². The number of thiophene rings is 1. The summed E-state index contributed by atoms with van der Waals surface area (Å²) in [6, 6.07) is 13.5. The summed E-state index contributed by atoms with van der Waals surface area (Å²) < 4.78 is 5.33. The summed E-state index contributed by atoms with van der Waals surface area (Å²) in [5, 5.41) is 4.52. The number of amides is 3. The van der Waals surface area contributed by atoms with Crippen LogP contribution in [0.25, 0.3) is 0 Å². The number of hydrogen-bond acceptors (Lipinski definition) is 5. The molecule has 0 saturated heterocycles. The molecule has 1 aromatic carbocycles. The maximum absolute atomic E-state index is 12.7. The number of hydrogen-bond donors (Lipinski definition) is 3. The van der Waals surface area contributed by atoms with Crippen molar-refractivity contribution in [2.24, 2.45) is 0 Å². The molecular formula is C21H21N3O4S. The molecule has 3 aromatic rings. The molecule has 29 heavy (non-hydrogen) atoms. The molecule has 3 N–H and O–H groups in total. The summed E-state index contributed by atoms with van der Waals surface area (Å²) in [5.41, 5.74) is 6.00. The standard InChI is InChI=1S/C21H21N3O4S/c1-13-11-16(14(2)28-13)19(25)23-24-20(26)17(12-15-7-4-3-5-8-15)22-21(27)18-9-6-10-29-18/h3-11,17H,12H2,1-2H3,(H,22,27)(H,23,25)(H,24,26)/t17-/m0/s1. The van der Waals surface area contributed by atoms with Gasteiger partial charge in [-0.2, -0.15) is 0 Å². The van der Waals surface area contributed by atoms with Gasteiger partial charge in [0.15, 0.2) is 0 Å². The van der Waals surface area contributed by atoms with E-state index in [0.29, 0.717) is 22.0 Å². The van der Waals surface area contributed by atoms with Crippen LogP contribution in [0.15, 0.2) is 58.3 Å². The van der Waals surface area contributed by atoms with Gasteiger partial charge in [-0.05, 0) is 36.9 Å². The van der Waals surface area contributed by atoms with Gasteiger partial charge in [-0.3, -0.25) is 25.2 Å². The van der Waals surface area contributed by atoms with Crippen LogP contribution >= 0.6 is 11.3 Å². The molecule has 7 nitrogen and oxygen atoms in total. The minimum atomic E-state index is -0.862. The van der Waals surface area contributed by atoms with Crippen molar-refractivity contribution in [1.82, 2.24) is 16.2 Å². The monoisotopic (exact) mass is 411 g/mol. The van der Waals surface area contributed by atoms with Crippen LogP contribution in [-0.2, 0) is 11.2 Å². The number of hydrazine groups is 1. The molecule has 2 aromatic heterocycles. The van der Waals surface area contributed by atoms with Crippen LogP contribution in [0, 0.1) is 13.8 Å². The molecule has 1 atom stereocenters. The van der Waals surface area contributed by atoms with E-state index in [-0.39, 0.29) is 12.3 Å². The average molecular weight is 411 g/mol. The fraction of sp³-hybridized carbons (Fsp3) is 0.190. The molecule has 0 unspecified atom stereocenters. The Balaban J connectivity index is 1.68. The fourth-order valence-electron chi connectivity index (χ4n) is 2.83. The first-order chi connectivity index (χ1) is 13.9. The van der Waals surface area contributed by atoms with Crippen LogP contribution in [-0.4, -0.2) is 23.8 Å². The van der Waals surface area contributed by atoms with Crippen molar-refractivity contribution >= 4 is 29.1 Å². The van der Waals surface area contributed by atoms with Gasteiger partial charge in [0.2, 0.25) is 0 Å². The maximum Gasteiger partial charge on any atom is 0.273 e. The molecule has 0 aliphatic rings. The van der Waals surface area contributed by atoms with Gasteiger partial charge in [0.1, 0.15) is 17.6 Å². The van der Waals surface area contributed by atoms with Gasteiger partial charge < -0.3 is 9.73 Å². The zero-order valence-corrected chi connectivity index (χ0v) is 16.8. The zero-order chi connectivity index (χ0) is 20.8. The van der Waals surface area contributed by atoms with E-state index >= 15 is 0 Å². The van der Waals surface area contributed by atoms with E-state index in [1.807, 2.05) is 30.3 Å². The Labute approximate surface area is 172 Å². The predicted molar refractivity (Wildman–Crippen MR) is 110 cm³/mol. The zero-order valence-electron chi connectivity index (χ0n) is 16.0. The van der Waals surface area contributed by atoms with E-state index in [1.165, 1.54) is 11.3 Å². The summed E-state index contributed by atoms with van der Waals surface area (Å²) in [6.07, 6.45) is 0.281. The molecule has 0 aliphatic heterocycles. The van der Waals surface area contributed by atoms with E-state index in [4.69, 9.17) is 4.42 Å². The van der Waals surface area contributed by atoms with Crippen LogP contribution in [0.2, 0.25) is 0 Å². The van der Waals surface area contributed by atoms with E-state index in [2.05, 4.69) is 16.2 Å². The van der Waals surface area contributed by atoms with Crippen LogP contribution in [0.5, 0.6) is 0 Å². The summed E-state index contributed by atoms with van der Waals surface area (Å²) in [7, 11) is 0. The Bertz CT molecular complexity index is 996. The van der Waals surface area contributed by atoms with E-state index in [1.54, 1.807) is 37.4 Å². The first kappa shape index (κ1) is 20.3. The molecule has 0 fully saturated rings. The molecule has 0 bridgehead atoms. The number of benzene rings is 1. The minimum Gasteiger partial charge on any atom is -0.466 e. The maximum atomic E-state index is 12.7. The first-order valence-electron chi connectivity index (χ1n) is 8.99. The highest BCUT2D eigenvalue weighted by atomic mass is 32.1. The number of carbonyl (C=O) groups excluding carboxylic acids is 3. The smallest absolute Gasteiger partial charge is 0.273 e. The number of rotatable bonds is 6. The Hall–Kier alpha value is -3.39. The minimum absolute atomic E-state index is 0.281. The number of nitrogens with one attached hydrogen (secondary N) is 3. The lowest BCUT2D eigenvalue weighted by atomic mass is 10.1. The van der Waals surface area contributed by atoms with Crippen molar-refractivity contribution in [1.29, 1.82) is 0 Å². The third-order valence-electron chi connectivity index (χ3n) is 4.23. The third-order valence-corrected chi connectivity index (χ3v) is 5.10. The van der Waals surface area contributed by atoms with Crippen molar-refractivity contribution in [3.05, 3.63) is 81.4 Å². The molecule has 3 rings (SSSR count). The lowest BCUT2D eigenvalue weighted by Gasteiger charge is -2.18. The lowest BCUT2D eigenvalue weighted by molar-refractivity contribution is -0.123. The lowest BCUT2D eigenvalue weighted by Crippen LogP contribution is -2.53. The molecule has 3 amide bonds. The molecule has 0 aliphatic carbocycles. The first-order valence-corrected chi connectivity index (χ1v) is 9.87. The third kappa shape index (κ3) is 5.32. The van der Waals surface area contributed by atoms with Crippen LogP contribution < -0.4 is 16.2 Å². The second-order valence-corrected chi connectivity index (χ2v) is 7.41. The van der Waals surface area contributed by atoms with Crippen molar-refractivity contribution < 1.29 is 18.8 Å². The second kappa shape index (κ2) is 9.20. The van der Waals surface area contributed by atoms with Crippen molar-refractivity contribution in [3.63, 3.8) is 0 Å². The van der Waals surface area contributed by atoms with Crippen molar-refractivity contribution in [3.8, 4) is 0 Å². The summed E-state index contributed by atoms with van der Waals surface area (Å²) in [6.45, 7) is 3.40. The molecule has 0 radical (unpaired) electrons. The van der Waals surface area contributed by atoms with Gasteiger partial charge in [0, 0.05) is 6.42 Å². The quantitative estimate of drug-likeness (QED) is 0.543. The van der Waals surface area contributed by atoms with Gasteiger partial charge in [-0.15, -0.1) is 11.3 Å². The van der Waals surface area contributed by atoms with E-state index in [0.717, 1.165) is 5.56 Å². The number of carbonyl (C=O) groups is 3. The number of furan rings is 1. The summed E-state index contributed by atoms with van der Waals surface area (Å²) in [4.78, 5) is 38.0. The van der Waals surface area contributed by atoms with E-state index < -0.39 is 17.9 Å². The second-order valence-electron chi connectivity index (χ2n) is 6.46. The van der Waals surface area contributed by atoms with Gasteiger partial charge in [-0.25, -0.2) is 0 Å². The topological polar surface area (TPSA) is 100 Å². The SMILES string of the molecule is Cc1cc(C(=O)NNC(=O)[C@H](Cc2ccccc2)NC(=O)c2cccs2)c(C)o1. The Morgan fingerprint density at radius 3 is 2.38 bits per heavy atom. The number of aryl methyl sites for hydroxylation is 2. The van der Waals surface area contributed by atoms with Crippen molar-refractivity contribution in [2.75, 3.05) is 0 Å². The fourth-order valence-corrected chi connectivity index (χ4v) is 3.45. The molecule has 0 spiro atoms. The van der Waals surface area contributed by atoms with Crippen LogP contribution in [0.3, 0.4) is 0 Å². The summed E-state index contributed by atoms with van der Waals surface area (Å²) >= 11 is 1.29. The normalized spacial score (nSPS) is 11.5. The molecular weight excluding hydrogens is 390 g/mol. The Kier molecular flexibility index (Phi) is 6.46. The molecule has 2 heterocycles. The largest absolute Gasteiger partial charge is 0.466 e. The van der Waals surface area contributed by atoms with Crippen LogP contribution in [0.4, 0.5) is 0 Å². The van der Waals surface area contributed by atoms with Crippen LogP contribution in [0.1, 0.15) is 37.1 Å². The highest BCUT2D eigenvalue weighted by molar-refractivity contribution is 7.12. The molecule has 150 valence electrons. The Morgan fingerprint density at radius 2 is 1.76 bits per heavy atom. The van der Waals surface area contributed by atoms with Gasteiger partial charge >= 0.3 is 0 Å². The van der Waals surface area contributed by atoms with Crippen molar-refractivity contribution in [2.45, 2.75) is 26.3 Å². The van der Waals surface area contributed by atoms with Gasteiger partial charge in [0.25, 0.3) is 17.7 Å².